The largest absolute Gasteiger partial charge is 0.492 e. The highest BCUT2D eigenvalue weighted by Crippen LogP contribution is 2.35. The van der Waals surface area contributed by atoms with E-state index in [1.165, 1.54) is 11.8 Å². The molecule has 0 bridgehead atoms. The van der Waals surface area contributed by atoms with Crippen molar-refractivity contribution in [2.24, 2.45) is 0 Å². The van der Waals surface area contributed by atoms with Gasteiger partial charge in [-0.25, -0.2) is 4.68 Å². The Hall–Kier alpha value is -2.87. The molecule has 0 fully saturated rings. The normalized spacial score (nSPS) is 11.8. The number of carbonyl (C=O) groups is 1. The summed E-state index contributed by atoms with van der Waals surface area (Å²) in [6, 6.07) is 17.0. The quantitative estimate of drug-likeness (QED) is 0.599. The van der Waals surface area contributed by atoms with Crippen molar-refractivity contribution in [1.82, 2.24) is 20.2 Å². The van der Waals surface area contributed by atoms with Crippen LogP contribution < -0.4 is 10.1 Å². The van der Waals surface area contributed by atoms with Gasteiger partial charge in [0.15, 0.2) is 0 Å². The lowest BCUT2D eigenvalue weighted by Crippen LogP contribution is -2.20. The van der Waals surface area contributed by atoms with Crippen LogP contribution in [0.2, 0.25) is 0 Å². The lowest BCUT2D eigenvalue weighted by Gasteiger charge is -2.18. The minimum Gasteiger partial charge on any atom is -0.492 e. The fourth-order valence-electron chi connectivity index (χ4n) is 2.54. The average Bonchev–Trinajstić information content (AvgIpc) is 3.15. The third-order valence-electron chi connectivity index (χ3n) is 3.81. The van der Waals surface area contributed by atoms with Gasteiger partial charge in [0.25, 0.3) is 0 Å². The van der Waals surface area contributed by atoms with Crippen LogP contribution in [0.1, 0.15) is 24.7 Å². The Kier molecular flexibility index (Phi) is 6.43. The lowest BCUT2D eigenvalue weighted by molar-refractivity contribution is -0.115. The fraction of sp³-hybridized carbons (Fsp3) is 0.263. The summed E-state index contributed by atoms with van der Waals surface area (Å²) in [7, 11) is 0. The van der Waals surface area contributed by atoms with Gasteiger partial charge in [-0.05, 0) is 42.0 Å². The maximum Gasteiger partial charge on any atom is 0.242 e. The van der Waals surface area contributed by atoms with E-state index in [9.17, 15) is 4.79 Å². The SMILES string of the molecule is CCOc1ccccc1NC(=O)C(Sc1nnnn1CC)c1ccccc1. The molecule has 1 N–H and O–H groups in total. The lowest BCUT2D eigenvalue weighted by atomic mass is 10.1. The Morgan fingerprint density at radius 1 is 1.15 bits per heavy atom. The van der Waals surface area contributed by atoms with E-state index in [1.54, 1.807) is 4.68 Å². The van der Waals surface area contributed by atoms with Crippen LogP contribution in [-0.4, -0.2) is 32.7 Å². The Labute approximate surface area is 162 Å². The number of aromatic nitrogens is 4. The molecule has 1 heterocycles. The number of benzene rings is 2. The van der Waals surface area contributed by atoms with Gasteiger partial charge in [-0.1, -0.05) is 54.2 Å². The van der Waals surface area contributed by atoms with E-state index < -0.39 is 5.25 Å². The summed E-state index contributed by atoms with van der Waals surface area (Å²) in [6.45, 7) is 5.02. The van der Waals surface area contributed by atoms with E-state index in [-0.39, 0.29) is 5.91 Å². The summed E-state index contributed by atoms with van der Waals surface area (Å²) < 4.78 is 7.28. The highest BCUT2D eigenvalue weighted by Gasteiger charge is 2.25. The Morgan fingerprint density at radius 3 is 2.63 bits per heavy atom. The number of ether oxygens (including phenoxy) is 1. The monoisotopic (exact) mass is 383 g/mol. The number of para-hydroxylation sites is 2. The molecule has 0 radical (unpaired) electrons. The minimum absolute atomic E-state index is 0.163. The van der Waals surface area contributed by atoms with Crippen LogP contribution in [0.3, 0.4) is 0 Å². The Bertz CT molecular complexity index is 885. The first-order valence-corrected chi connectivity index (χ1v) is 9.61. The second-order valence-corrected chi connectivity index (χ2v) is 6.68. The molecule has 0 saturated carbocycles. The van der Waals surface area contributed by atoms with Gasteiger partial charge in [0.05, 0.1) is 12.3 Å². The number of thioether (sulfide) groups is 1. The Balaban J connectivity index is 1.88. The smallest absolute Gasteiger partial charge is 0.242 e. The minimum atomic E-state index is -0.503. The second-order valence-electron chi connectivity index (χ2n) is 5.60. The highest BCUT2D eigenvalue weighted by atomic mass is 32.2. The van der Waals surface area contributed by atoms with E-state index in [4.69, 9.17) is 4.74 Å². The molecular formula is C19H21N5O2S. The Morgan fingerprint density at radius 2 is 1.89 bits per heavy atom. The molecule has 1 aromatic heterocycles. The molecule has 3 rings (SSSR count). The van der Waals surface area contributed by atoms with Crippen LogP contribution in [0.15, 0.2) is 59.8 Å². The molecule has 0 saturated heterocycles. The van der Waals surface area contributed by atoms with Crippen LogP contribution in [0.4, 0.5) is 5.69 Å². The number of carbonyl (C=O) groups excluding carboxylic acids is 1. The van der Waals surface area contributed by atoms with E-state index in [2.05, 4.69) is 20.8 Å². The molecule has 0 spiro atoms. The van der Waals surface area contributed by atoms with Crippen molar-refractivity contribution >= 4 is 23.4 Å². The fourth-order valence-corrected chi connectivity index (χ4v) is 3.58. The molecule has 8 heteroatoms. The number of amides is 1. The molecule has 0 aliphatic carbocycles. The highest BCUT2D eigenvalue weighted by molar-refractivity contribution is 8.00. The van der Waals surface area contributed by atoms with E-state index in [1.807, 2.05) is 68.4 Å². The van der Waals surface area contributed by atoms with Crippen LogP contribution in [0.5, 0.6) is 5.75 Å². The van der Waals surface area contributed by atoms with Crippen molar-refractivity contribution < 1.29 is 9.53 Å². The van der Waals surface area contributed by atoms with Gasteiger partial charge in [-0.3, -0.25) is 4.79 Å². The van der Waals surface area contributed by atoms with Gasteiger partial charge in [-0.2, -0.15) is 0 Å². The molecule has 2 aromatic carbocycles. The summed E-state index contributed by atoms with van der Waals surface area (Å²) in [5, 5.41) is 14.8. The third-order valence-corrected chi connectivity index (χ3v) is 5.03. The van der Waals surface area contributed by atoms with E-state index in [0.29, 0.717) is 29.7 Å². The number of hydrogen-bond acceptors (Lipinski definition) is 6. The number of tetrazole rings is 1. The molecule has 1 atom stereocenters. The topological polar surface area (TPSA) is 81.9 Å². The zero-order valence-corrected chi connectivity index (χ0v) is 16.0. The third kappa shape index (κ3) is 4.65. The second kappa shape index (κ2) is 9.18. The maximum absolute atomic E-state index is 13.1. The maximum atomic E-state index is 13.1. The summed E-state index contributed by atoms with van der Waals surface area (Å²) in [5.74, 6) is 0.479. The zero-order valence-electron chi connectivity index (χ0n) is 15.2. The molecule has 27 heavy (non-hydrogen) atoms. The van der Waals surface area contributed by atoms with Crippen LogP contribution >= 0.6 is 11.8 Å². The average molecular weight is 383 g/mol. The summed E-state index contributed by atoms with van der Waals surface area (Å²) in [6.07, 6.45) is 0. The standard InChI is InChI=1S/C19H21N5O2S/c1-3-24-19(21-22-23-24)27-17(14-10-6-5-7-11-14)18(25)20-15-12-8-9-13-16(15)26-4-2/h5-13,17H,3-4H2,1-2H3,(H,20,25). The van der Waals surface area contributed by atoms with Gasteiger partial charge in [0, 0.05) is 6.54 Å². The predicted molar refractivity (Wildman–Crippen MR) is 105 cm³/mol. The molecule has 0 aliphatic rings. The van der Waals surface area contributed by atoms with Gasteiger partial charge in [0.2, 0.25) is 11.1 Å². The van der Waals surface area contributed by atoms with Gasteiger partial charge in [-0.15, -0.1) is 5.10 Å². The molecule has 3 aromatic rings. The summed E-state index contributed by atoms with van der Waals surface area (Å²) >= 11 is 1.32. The molecule has 0 aliphatic heterocycles. The van der Waals surface area contributed by atoms with Crippen molar-refractivity contribution in [3.05, 3.63) is 60.2 Å². The molecule has 7 nitrogen and oxygen atoms in total. The number of hydrogen-bond donors (Lipinski definition) is 1. The van der Waals surface area contributed by atoms with Crippen LogP contribution in [0.25, 0.3) is 0 Å². The molecule has 140 valence electrons. The predicted octanol–water partition coefficient (Wildman–Crippen LogP) is 3.56. The first-order chi connectivity index (χ1) is 13.2. The van der Waals surface area contributed by atoms with Crippen molar-refractivity contribution in [2.45, 2.75) is 30.8 Å². The van der Waals surface area contributed by atoms with Crippen molar-refractivity contribution in [2.75, 3.05) is 11.9 Å². The van der Waals surface area contributed by atoms with Gasteiger partial charge >= 0.3 is 0 Å². The van der Waals surface area contributed by atoms with Gasteiger partial charge < -0.3 is 10.1 Å². The number of nitrogens with one attached hydrogen (secondary N) is 1. The number of rotatable bonds is 8. The number of aryl methyl sites for hydroxylation is 1. The first kappa shape index (κ1) is 18.9. The summed E-state index contributed by atoms with van der Waals surface area (Å²) in [5.41, 5.74) is 1.51. The summed E-state index contributed by atoms with van der Waals surface area (Å²) in [4.78, 5) is 13.1. The van der Waals surface area contributed by atoms with Gasteiger partial charge in [0.1, 0.15) is 11.0 Å². The number of nitrogens with zero attached hydrogens (tertiary/aromatic N) is 4. The van der Waals surface area contributed by atoms with Crippen molar-refractivity contribution in [3.8, 4) is 5.75 Å². The van der Waals surface area contributed by atoms with Crippen molar-refractivity contribution in [1.29, 1.82) is 0 Å². The molecule has 1 amide bonds. The zero-order chi connectivity index (χ0) is 19.1. The van der Waals surface area contributed by atoms with Crippen LogP contribution in [0, 0.1) is 0 Å². The molecular weight excluding hydrogens is 362 g/mol. The van der Waals surface area contributed by atoms with E-state index in [0.717, 1.165) is 5.56 Å². The van der Waals surface area contributed by atoms with E-state index >= 15 is 0 Å². The van der Waals surface area contributed by atoms with Crippen LogP contribution in [-0.2, 0) is 11.3 Å². The van der Waals surface area contributed by atoms with Crippen molar-refractivity contribution in [3.63, 3.8) is 0 Å². The first-order valence-electron chi connectivity index (χ1n) is 8.73. The number of anilines is 1. The molecule has 1 unspecified atom stereocenters.